The molecule has 2 aromatic rings. The maximum absolute atomic E-state index is 12.9. The van der Waals surface area contributed by atoms with Gasteiger partial charge < -0.3 is 10.1 Å². The van der Waals surface area contributed by atoms with Gasteiger partial charge in [0.2, 0.25) is 9.84 Å². The van der Waals surface area contributed by atoms with Gasteiger partial charge in [-0.1, -0.05) is 12.1 Å². The molecule has 2 atom stereocenters. The van der Waals surface area contributed by atoms with Gasteiger partial charge >= 0.3 is 6.18 Å². The van der Waals surface area contributed by atoms with Crippen molar-refractivity contribution in [1.29, 1.82) is 0 Å². The molecule has 1 fully saturated rings. The topological polar surface area (TPSA) is 55.4 Å². The van der Waals surface area contributed by atoms with Crippen LogP contribution in [0.25, 0.3) is 0 Å². The van der Waals surface area contributed by atoms with Crippen LogP contribution in [0.5, 0.6) is 5.75 Å². The molecule has 0 aliphatic carbocycles. The molecule has 0 unspecified atom stereocenters. The molecule has 2 aromatic carbocycles. The minimum atomic E-state index is -4.60. The van der Waals surface area contributed by atoms with E-state index in [-0.39, 0.29) is 21.8 Å². The Kier molecular flexibility index (Phi) is 4.00. The Labute approximate surface area is 148 Å². The fourth-order valence-corrected chi connectivity index (χ4v) is 4.86. The lowest BCUT2D eigenvalue weighted by Gasteiger charge is -2.24. The number of hydrogen-bond acceptors (Lipinski definition) is 4. The van der Waals surface area contributed by atoms with Crippen LogP contribution in [0.2, 0.25) is 0 Å². The number of alkyl halides is 3. The van der Waals surface area contributed by atoms with Gasteiger partial charge in [-0.3, -0.25) is 0 Å². The summed E-state index contributed by atoms with van der Waals surface area (Å²) >= 11 is 0. The summed E-state index contributed by atoms with van der Waals surface area (Å²) in [6.45, 7) is 1.56. The van der Waals surface area contributed by atoms with Crippen molar-refractivity contribution in [2.45, 2.75) is 34.4 Å². The Morgan fingerprint density at radius 1 is 1.08 bits per heavy atom. The minimum absolute atomic E-state index is 0.0368. The van der Waals surface area contributed by atoms with Crippen LogP contribution < -0.4 is 10.1 Å². The highest BCUT2D eigenvalue weighted by molar-refractivity contribution is 7.91. The molecule has 1 N–H and O–H groups in total. The van der Waals surface area contributed by atoms with Crippen molar-refractivity contribution >= 4 is 9.84 Å². The van der Waals surface area contributed by atoms with Crippen molar-refractivity contribution < 1.29 is 26.3 Å². The van der Waals surface area contributed by atoms with Crippen molar-refractivity contribution in [2.75, 3.05) is 13.1 Å². The van der Waals surface area contributed by atoms with Gasteiger partial charge in [0.05, 0.1) is 15.4 Å². The molecule has 26 heavy (non-hydrogen) atoms. The molecule has 2 heterocycles. The van der Waals surface area contributed by atoms with E-state index >= 15 is 0 Å². The van der Waals surface area contributed by atoms with Gasteiger partial charge in [-0.05, 0) is 43.3 Å². The predicted molar refractivity (Wildman–Crippen MR) is 88.0 cm³/mol. The van der Waals surface area contributed by atoms with E-state index in [1.165, 1.54) is 18.2 Å². The summed E-state index contributed by atoms with van der Waals surface area (Å²) in [4.78, 5) is -0.452. The average Bonchev–Trinajstić information content (AvgIpc) is 2.99. The molecule has 4 nitrogen and oxygen atoms in total. The summed E-state index contributed by atoms with van der Waals surface area (Å²) < 4.78 is 70.1. The molecule has 0 saturated carbocycles. The maximum atomic E-state index is 12.9. The van der Waals surface area contributed by atoms with Gasteiger partial charge in [-0.15, -0.1) is 0 Å². The van der Waals surface area contributed by atoms with Crippen LogP contribution in [0.4, 0.5) is 13.2 Å². The zero-order valence-corrected chi connectivity index (χ0v) is 14.4. The maximum Gasteiger partial charge on any atom is 0.416 e. The second-order valence-corrected chi connectivity index (χ2v) is 8.43. The molecule has 0 bridgehead atoms. The van der Waals surface area contributed by atoms with Crippen molar-refractivity contribution in [3.8, 4) is 5.75 Å². The molecule has 2 aliphatic rings. The molecular weight excluding hydrogens is 367 g/mol. The first kappa shape index (κ1) is 17.4. The van der Waals surface area contributed by atoms with E-state index in [4.69, 9.17) is 4.74 Å². The zero-order chi connectivity index (χ0) is 18.5. The molecule has 0 aromatic heterocycles. The zero-order valence-electron chi connectivity index (χ0n) is 13.6. The second kappa shape index (κ2) is 5.99. The Balaban J connectivity index is 1.72. The third-order valence-corrected chi connectivity index (χ3v) is 6.62. The first-order chi connectivity index (χ1) is 12.3. The van der Waals surface area contributed by atoms with Gasteiger partial charge in [0.1, 0.15) is 11.9 Å². The van der Waals surface area contributed by atoms with Gasteiger partial charge in [-0.25, -0.2) is 8.42 Å². The molecule has 1 saturated heterocycles. The van der Waals surface area contributed by atoms with Crippen molar-refractivity contribution in [1.82, 2.24) is 5.32 Å². The molecule has 4 rings (SSSR count). The van der Waals surface area contributed by atoms with Crippen molar-refractivity contribution in [3.05, 3.63) is 53.6 Å². The van der Waals surface area contributed by atoms with Crippen molar-refractivity contribution in [3.63, 3.8) is 0 Å². The number of fused-ring (bicyclic) bond motifs is 3. The van der Waals surface area contributed by atoms with E-state index < -0.39 is 21.6 Å². The fourth-order valence-electron chi connectivity index (χ4n) is 3.54. The average molecular weight is 383 g/mol. The molecule has 8 heteroatoms. The lowest BCUT2D eigenvalue weighted by atomic mass is 9.90. The van der Waals surface area contributed by atoms with E-state index in [0.717, 1.165) is 30.7 Å². The largest absolute Gasteiger partial charge is 0.488 e. The molecule has 0 radical (unpaired) electrons. The highest BCUT2D eigenvalue weighted by Gasteiger charge is 2.37. The van der Waals surface area contributed by atoms with Gasteiger partial charge in [0.25, 0.3) is 0 Å². The highest BCUT2D eigenvalue weighted by Crippen LogP contribution is 2.43. The number of piperidine rings is 1. The predicted octanol–water partition coefficient (Wildman–Crippen LogP) is 3.38. The third kappa shape index (κ3) is 2.87. The normalized spacial score (nSPS) is 22.4. The summed E-state index contributed by atoms with van der Waals surface area (Å²) in [6.07, 6.45) is -3.74. The van der Waals surface area contributed by atoms with Crippen LogP contribution in [0.1, 0.15) is 23.5 Å². The van der Waals surface area contributed by atoms with Crippen LogP contribution in [-0.2, 0) is 16.0 Å². The smallest absolute Gasteiger partial charge is 0.416 e. The standard InChI is InChI=1S/C18H16F3NO3S/c19-18(20,21)11-2-1-3-12(8-11)26(23,24)13-4-5-14-15-6-7-22-10-17(15)25-16(14)9-13/h1-5,8-9,15,17,22H,6-7,10H2/t15-,17-/m0/s1. The second-order valence-electron chi connectivity index (χ2n) is 6.48. The summed E-state index contributed by atoms with van der Waals surface area (Å²) in [5, 5.41) is 3.23. The first-order valence-electron chi connectivity index (χ1n) is 8.20. The minimum Gasteiger partial charge on any atom is -0.488 e. The van der Waals surface area contributed by atoms with Gasteiger partial charge in [0.15, 0.2) is 0 Å². The Bertz CT molecular complexity index is 956. The molecule has 0 amide bonds. The quantitative estimate of drug-likeness (QED) is 0.864. The number of hydrogen-bond donors (Lipinski definition) is 1. The van der Waals surface area contributed by atoms with Crippen molar-refractivity contribution in [2.24, 2.45) is 0 Å². The number of rotatable bonds is 2. The lowest BCUT2D eigenvalue weighted by Crippen LogP contribution is -2.39. The molecule has 0 spiro atoms. The Morgan fingerprint density at radius 2 is 1.85 bits per heavy atom. The van der Waals surface area contributed by atoms with E-state index in [2.05, 4.69) is 5.32 Å². The fraction of sp³-hybridized carbons (Fsp3) is 0.333. The SMILES string of the molecule is O=S(=O)(c1cccc(C(F)(F)F)c1)c1ccc2c(c1)O[C@H]1CNCC[C@@H]21. The monoisotopic (exact) mass is 383 g/mol. The number of ether oxygens (including phenoxy) is 1. The number of benzene rings is 2. The van der Waals surface area contributed by atoms with E-state index in [1.807, 2.05) is 0 Å². The van der Waals surface area contributed by atoms with E-state index in [9.17, 15) is 21.6 Å². The van der Waals surface area contributed by atoms with Gasteiger partial charge in [-0.2, -0.15) is 13.2 Å². The van der Waals surface area contributed by atoms with Crippen LogP contribution in [-0.4, -0.2) is 27.6 Å². The van der Waals surface area contributed by atoms with E-state index in [0.29, 0.717) is 18.4 Å². The number of sulfone groups is 1. The summed E-state index contributed by atoms with van der Waals surface area (Å²) in [5.41, 5.74) is -0.0347. The third-order valence-electron chi connectivity index (χ3n) is 4.87. The van der Waals surface area contributed by atoms with Gasteiger partial charge in [0, 0.05) is 18.0 Å². The van der Waals surface area contributed by atoms with Crippen LogP contribution >= 0.6 is 0 Å². The lowest BCUT2D eigenvalue weighted by molar-refractivity contribution is -0.137. The van der Waals surface area contributed by atoms with E-state index in [1.54, 1.807) is 6.07 Å². The Hall–Kier alpha value is -2.06. The number of halogens is 3. The summed E-state index contributed by atoms with van der Waals surface area (Å²) in [5.74, 6) is 0.716. The molecule has 2 aliphatic heterocycles. The molecular formula is C18H16F3NO3S. The van der Waals surface area contributed by atoms with Crippen LogP contribution in [0, 0.1) is 0 Å². The highest BCUT2D eigenvalue weighted by atomic mass is 32.2. The number of nitrogens with one attached hydrogen (secondary N) is 1. The Morgan fingerprint density at radius 3 is 2.62 bits per heavy atom. The molecule has 138 valence electrons. The first-order valence-corrected chi connectivity index (χ1v) is 9.69. The summed E-state index contributed by atoms with van der Waals surface area (Å²) in [7, 11) is -4.07. The summed E-state index contributed by atoms with van der Waals surface area (Å²) in [6, 6.07) is 8.36. The van der Waals surface area contributed by atoms with Crippen LogP contribution in [0.3, 0.4) is 0 Å². The van der Waals surface area contributed by atoms with Crippen LogP contribution in [0.15, 0.2) is 52.3 Å².